The number of carbonyl (C=O) groups excluding carboxylic acids is 1. The second-order valence-corrected chi connectivity index (χ2v) is 16.6. The summed E-state index contributed by atoms with van der Waals surface area (Å²) in [5, 5.41) is 0. The molecule has 16 heteroatoms. The van der Waals surface area contributed by atoms with Gasteiger partial charge in [-0.3, -0.25) is 28.6 Å². The lowest BCUT2D eigenvalue weighted by Crippen LogP contribution is -2.58. The molecule has 2 aliphatic heterocycles. The molecular formula is C38H42ClF3N5O6P. The summed E-state index contributed by atoms with van der Waals surface area (Å²) in [6.07, 6.45) is -5.94. The number of carbonyl (C=O) groups is 1. The lowest BCUT2D eigenvalue weighted by atomic mass is 9.75. The third-order valence-corrected chi connectivity index (χ3v) is 12.6. The topological polar surface area (TPSA) is 117 Å². The fourth-order valence-corrected chi connectivity index (χ4v) is 9.30. The lowest BCUT2D eigenvalue weighted by molar-refractivity contribution is -0.162. The summed E-state index contributed by atoms with van der Waals surface area (Å²) in [5.74, 6) is -1.03. The molecule has 11 nitrogen and oxygen atoms in total. The SMILES string of the molecule is Cc1cn(C2CN(C(c3ccccc3)(c3ccccc3)c3ccccc3)CC(COP(=O)(Cl)N3CCC(N(C)C(=O)CC(F)(F)F)CC3)O2)c(=O)[nH]c1=O. The molecule has 0 bridgehead atoms. The van der Waals surface area contributed by atoms with Crippen LogP contribution in [0.3, 0.4) is 0 Å². The first kappa shape index (κ1) is 39.6. The average Bonchev–Trinajstić information content (AvgIpc) is 3.16. The minimum absolute atomic E-state index is 0.126. The molecule has 4 aromatic rings. The first-order valence-corrected chi connectivity index (χ1v) is 20.1. The average molecular weight is 788 g/mol. The number of aromatic amines is 1. The number of H-pyrrole nitrogens is 1. The highest BCUT2D eigenvalue weighted by Crippen LogP contribution is 2.57. The van der Waals surface area contributed by atoms with E-state index in [1.165, 1.54) is 22.5 Å². The van der Waals surface area contributed by atoms with Gasteiger partial charge in [0.2, 0.25) is 5.91 Å². The van der Waals surface area contributed by atoms with E-state index in [-0.39, 0.29) is 45.6 Å². The molecule has 1 aromatic heterocycles. The number of hydrogen-bond donors (Lipinski definition) is 1. The molecule has 0 aliphatic carbocycles. The highest BCUT2D eigenvalue weighted by atomic mass is 35.7. The van der Waals surface area contributed by atoms with Crippen LogP contribution in [-0.2, 0) is 24.2 Å². The Morgan fingerprint density at radius 1 is 0.926 bits per heavy atom. The molecule has 1 N–H and O–H groups in total. The van der Waals surface area contributed by atoms with Crippen molar-refractivity contribution < 1.29 is 31.8 Å². The van der Waals surface area contributed by atoms with Crippen molar-refractivity contribution in [3.8, 4) is 0 Å². The molecule has 3 atom stereocenters. The Kier molecular flexibility index (Phi) is 12.0. The fourth-order valence-electron chi connectivity index (χ4n) is 7.46. The molecular weight excluding hydrogens is 746 g/mol. The number of halogens is 4. The standard InChI is InChI=1S/C38H42ClF3N5O6P/c1-27-23-47(36(50)43-35(27)49)34-25-45(38(28-12-6-3-7-13-28,29-14-8-4-9-15-29)30-16-10-5-11-17-30)24-32(53-34)26-52-54(39,51)46-20-18-31(19-21-46)44(2)33(48)22-37(40,41)42/h3-17,23,31-32,34H,18-22,24-26H2,1-2H3,(H,43,49,50). The first-order valence-electron chi connectivity index (χ1n) is 17.6. The minimum Gasteiger partial charge on any atom is -0.350 e. The van der Waals surface area contributed by atoms with Crippen molar-refractivity contribution in [3.05, 3.63) is 140 Å². The predicted molar refractivity (Wildman–Crippen MR) is 198 cm³/mol. The number of hydrogen-bond acceptors (Lipinski definition) is 7. The monoisotopic (exact) mass is 787 g/mol. The number of rotatable bonds is 11. The zero-order chi connectivity index (χ0) is 38.7. The number of nitrogens with one attached hydrogen (secondary N) is 1. The molecule has 54 heavy (non-hydrogen) atoms. The first-order chi connectivity index (χ1) is 25.7. The second-order valence-electron chi connectivity index (χ2n) is 13.6. The van der Waals surface area contributed by atoms with Gasteiger partial charge in [0.1, 0.15) is 6.42 Å². The van der Waals surface area contributed by atoms with Crippen LogP contribution in [0.5, 0.6) is 0 Å². The Morgan fingerprint density at radius 2 is 1.44 bits per heavy atom. The van der Waals surface area contributed by atoms with Gasteiger partial charge in [-0.05, 0) is 47.7 Å². The van der Waals surface area contributed by atoms with Crippen LogP contribution in [0.2, 0.25) is 0 Å². The van der Waals surface area contributed by atoms with Crippen molar-refractivity contribution in [1.82, 2.24) is 24.0 Å². The fraction of sp³-hybridized carbons (Fsp3) is 0.395. The van der Waals surface area contributed by atoms with Crippen LogP contribution in [0, 0.1) is 6.92 Å². The van der Waals surface area contributed by atoms with Gasteiger partial charge in [0.25, 0.3) is 5.56 Å². The Labute approximate surface area is 315 Å². The van der Waals surface area contributed by atoms with Crippen LogP contribution in [0.4, 0.5) is 13.2 Å². The molecule has 0 spiro atoms. The molecule has 0 saturated carbocycles. The number of piperidine rings is 1. The Morgan fingerprint density at radius 3 is 1.94 bits per heavy atom. The molecule has 1 amide bonds. The van der Waals surface area contributed by atoms with Crippen molar-refractivity contribution in [3.63, 3.8) is 0 Å². The Balaban J connectivity index is 1.32. The molecule has 288 valence electrons. The highest BCUT2D eigenvalue weighted by molar-refractivity contribution is 7.83. The normalized spacial score (nSPS) is 20.3. The zero-order valence-corrected chi connectivity index (χ0v) is 31.5. The van der Waals surface area contributed by atoms with Gasteiger partial charge in [0, 0.05) is 51.0 Å². The number of aryl methyl sites for hydroxylation is 1. The van der Waals surface area contributed by atoms with Crippen molar-refractivity contribution in [2.75, 3.05) is 39.8 Å². The van der Waals surface area contributed by atoms with Gasteiger partial charge in [-0.2, -0.15) is 13.2 Å². The van der Waals surface area contributed by atoms with E-state index in [4.69, 9.17) is 20.5 Å². The predicted octanol–water partition coefficient (Wildman–Crippen LogP) is 6.28. The van der Waals surface area contributed by atoms with E-state index in [2.05, 4.69) is 9.88 Å². The molecule has 3 unspecified atom stereocenters. The molecule has 0 radical (unpaired) electrons. The number of nitrogens with zero attached hydrogens (tertiary/aromatic N) is 4. The quantitative estimate of drug-likeness (QED) is 0.140. The van der Waals surface area contributed by atoms with E-state index in [0.717, 1.165) is 21.6 Å². The number of morpholine rings is 1. The Hall–Kier alpha value is -4.04. The maximum absolute atomic E-state index is 13.9. The zero-order valence-electron chi connectivity index (χ0n) is 29.8. The molecule has 6 rings (SSSR count). The van der Waals surface area contributed by atoms with Crippen LogP contribution in [0.25, 0.3) is 0 Å². The summed E-state index contributed by atoms with van der Waals surface area (Å²) in [5.41, 5.74) is 1.03. The Bertz CT molecular complexity index is 1970. The number of alkyl halides is 3. The van der Waals surface area contributed by atoms with Crippen molar-refractivity contribution in [1.29, 1.82) is 0 Å². The van der Waals surface area contributed by atoms with Gasteiger partial charge in [0.05, 0.1) is 18.2 Å². The van der Waals surface area contributed by atoms with Crippen LogP contribution < -0.4 is 11.2 Å². The smallest absolute Gasteiger partial charge is 0.350 e. The summed E-state index contributed by atoms with van der Waals surface area (Å²) in [6.45, 7) is -1.97. The minimum atomic E-state index is -4.62. The van der Waals surface area contributed by atoms with Crippen molar-refractivity contribution >= 4 is 24.0 Å². The summed E-state index contributed by atoms with van der Waals surface area (Å²) >= 11 is 6.61. The molecule has 3 aromatic carbocycles. The van der Waals surface area contributed by atoms with E-state index >= 15 is 0 Å². The highest BCUT2D eigenvalue weighted by Gasteiger charge is 2.47. The van der Waals surface area contributed by atoms with Gasteiger partial charge >= 0.3 is 18.7 Å². The summed E-state index contributed by atoms with van der Waals surface area (Å²) in [7, 11) is 1.34. The number of aromatic nitrogens is 2. The summed E-state index contributed by atoms with van der Waals surface area (Å²) in [4.78, 5) is 43.5. The van der Waals surface area contributed by atoms with E-state index in [9.17, 15) is 32.1 Å². The molecule has 3 heterocycles. The second kappa shape index (κ2) is 16.4. The van der Waals surface area contributed by atoms with Gasteiger partial charge in [-0.25, -0.2) is 9.46 Å². The van der Waals surface area contributed by atoms with Gasteiger partial charge in [-0.15, -0.1) is 0 Å². The summed E-state index contributed by atoms with van der Waals surface area (Å²) in [6, 6.07) is 29.3. The van der Waals surface area contributed by atoms with E-state index in [1.807, 2.05) is 91.0 Å². The third kappa shape index (κ3) is 8.59. The van der Waals surface area contributed by atoms with Crippen molar-refractivity contribution in [2.45, 2.75) is 56.3 Å². The molecule has 2 fully saturated rings. The van der Waals surface area contributed by atoms with E-state index in [0.29, 0.717) is 5.56 Å². The van der Waals surface area contributed by atoms with Gasteiger partial charge in [-0.1, -0.05) is 91.0 Å². The van der Waals surface area contributed by atoms with Crippen LogP contribution in [0.15, 0.2) is 107 Å². The lowest BCUT2D eigenvalue weighted by Gasteiger charge is -2.50. The third-order valence-electron chi connectivity index (χ3n) is 10.1. The van der Waals surface area contributed by atoms with E-state index in [1.54, 1.807) is 6.92 Å². The van der Waals surface area contributed by atoms with Gasteiger partial charge in [0.15, 0.2) is 6.23 Å². The number of benzene rings is 3. The van der Waals surface area contributed by atoms with Gasteiger partial charge < -0.3 is 14.2 Å². The maximum atomic E-state index is 13.9. The van der Waals surface area contributed by atoms with Crippen LogP contribution >= 0.6 is 18.1 Å². The largest absolute Gasteiger partial charge is 0.397 e. The summed E-state index contributed by atoms with van der Waals surface area (Å²) < 4.78 is 67.7. The number of ether oxygens (including phenoxy) is 1. The van der Waals surface area contributed by atoms with Crippen LogP contribution in [-0.4, -0.2) is 88.1 Å². The molecule has 2 saturated heterocycles. The van der Waals surface area contributed by atoms with Crippen LogP contribution in [0.1, 0.15) is 47.7 Å². The maximum Gasteiger partial charge on any atom is 0.397 e. The molecule has 2 aliphatic rings. The number of amides is 1. The van der Waals surface area contributed by atoms with E-state index < -0.39 is 60.5 Å². The van der Waals surface area contributed by atoms with Crippen molar-refractivity contribution in [2.24, 2.45) is 0 Å².